The van der Waals surface area contributed by atoms with Crippen LogP contribution in [0.5, 0.6) is 0 Å². The highest BCUT2D eigenvalue weighted by Crippen LogP contribution is 2.43. The Balaban J connectivity index is 1.37. The first kappa shape index (κ1) is 22.7. The molecule has 0 spiro atoms. The van der Waals surface area contributed by atoms with Crippen LogP contribution in [0.25, 0.3) is 65.2 Å². The number of halogens is 1. The van der Waals surface area contributed by atoms with Gasteiger partial charge < -0.3 is 0 Å². The number of hydrogen-bond acceptors (Lipinski definition) is 5. The molecule has 3 aromatic heterocycles. The van der Waals surface area contributed by atoms with Crippen LogP contribution in [0.4, 0.5) is 0 Å². The van der Waals surface area contributed by atoms with E-state index in [0.717, 1.165) is 27.0 Å². The number of nitrogens with zero attached hydrogens (tertiary/aromatic N) is 4. The SMILES string of the molecule is Clc1nc(-c2ccccc2)nc(-c2cccc3c2sc2c(-c4ccc(-c5cccnc5)cc4)cccc23)n1. The zero-order valence-electron chi connectivity index (χ0n) is 20.0. The molecular formula is C32H19ClN4S. The molecule has 0 atom stereocenters. The highest BCUT2D eigenvalue weighted by atomic mass is 35.5. The van der Waals surface area contributed by atoms with Crippen molar-refractivity contribution in [1.29, 1.82) is 0 Å². The van der Waals surface area contributed by atoms with Crippen molar-refractivity contribution >= 4 is 43.1 Å². The fourth-order valence-electron chi connectivity index (χ4n) is 4.79. The van der Waals surface area contributed by atoms with Crippen LogP contribution in [0.3, 0.4) is 0 Å². The van der Waals surface area contributed by atoms with Crippen molar-refractivity contribution in [2.75, 3.05) is 0 Å². The second kappa shape index (κ2) is 9.45. The monoisotopic (exact) mass is 526 g/mol. The number of hydrogen-bond donors (Lipinski definition) is 0. The summed E-state index contributed by atoms with van der Waals surface area (Å²) in [6.07, 6.45) is 3.68. The van der Waals surface area contributed by atoms with E-state index < -0.39 is 0 Å². The van der Waals surface area contributed by atoms with Gasteiger partial charge in [0, 0.05) is 43.7 Å². The topological polar surface area (TPSA) is 51.6 Å². The molecule has 7 rings (SSSR count). The van der Waals surface area contributed by atoms with E-state index >= 15 is 0 Å². The van der Waals surface area contributed by atoms with E-state index in [1.165, 1.54) is 26.6 Å². The van der Waals surface area contributed by atoms with E-state index in [1.54, 1.807) is 17.5 Å². The molecule has 4 nitrogen and oxygen atoms in total. The van der Waals surface area contributed by atoms with Crippen molar-refractivity contribution in [3.63, 3.8) is 0 Å². The molecule has 4 aromatic carbocycles. The predicted molar refractivity (Wildman–Crippen MR) is 157 cm³/mol. The van der Waals surface area contributed by atoms with E-state index in [1.807, 2.05) is 42.6 Å². The van der Waals surface area contributed by atoms with Crippen molar-refractivity contribution in [3.8, 4) is 45.0 Å². The molecular weight excluding hydrogens is 508 g/mol. The number of aromatic nitrogens is 4. The highest BCUT2D eigenvalue weighted by molar-refractivity contribution is 7.26. The van der Waals surface area contributed by atoms with Crippen molar-refractivity contribution in [2.24, 2.45) is 0 Å². The van der Waals surface area contributed by atoms with Gasteiger partial charge in [0.05, 0.1) is 0 Å². The molecule has 0 unspecified atom stereocenters. The second-order valence-electron chi connectivity index (χ2n) is 8.90. The number of thiophene rings is 1. The second-order valence-corrected chi connectivity index (χ2v) is 10.3. The molecule has 180 valence electrons. The molecule has 0 fully saturated rings. The molecule has 0 amide bonds. The molecule has 0 aliphatic carbocycles. The Hall–Kier alpha value is -4.45. The van der Waals surface area contributed by atoms with Crippen LogP contribution in [0.2, 0.25) is 5.28 Å². The molecule has 0 aliphatic heterocycles. The maximum atomic E-state index is 6.38. The van der Waals surface area contributed by atoms with Gasteiger partial charge in [0.25, 0.3) is 0 Å². The Bertz CT molecular complexity index is 1920. The Morgan fingerprint density at radius 3 is 1.89 bits per heavy atom. The Morgan fingerprint density at radius 1 is 0.500 bits per heavy atom. The lowest BCUT2D eigenvalue weighted by Crippen LogP contribution is -1.97. The van der Waals surface area contributed by atoms with Crippen molar-refractivity contribution < 1.29 is 0 Å². The number of fused-ring (bicyclic) bond motifs is 3. The molecule has 38 heavy (non-hydrogen) atoms. The van der Waals surface area contributed by atoms with Crippen LogP contribution in [-0.2, 0) is 0 Å². The first-order valence-electron chi connectivity index (χ1n) is 12.2. The van der Waals surface area contributed by atoms with Gasteiger partial charge in [-0.05, 0) is 46.0 Å². The van der Waals surface area contributed by atoms with Crippen LogP contribution in [0.1, 0.15) is 0 Å². The minimum atomic E-state index is 0.182. The van der Waals surface area contributed by atoms with E-state index in [9.17, 15) is 0 Å². The zero-order valence-corrected chi connectivity index (χ0v) is 21.6. The van der Waals surface area contributed by atoms with E-state index in [2.05, 4.69) is 81.7 Å². The summed E-state index contributed by atoms with van der Waals surface area (Å²) < 4.78 is 2.36. The summed E-state index contributed by atoms with van der Waals surface area (Å²) in [5, 5.41) is 2.57. The van der Waals surface area contributed by atoms with Crippen LogP contribution >= 0.6 is 22.9 Å². The maximum absolute atomic E-state index is 6.38. The highest BCUT2D eigenvalue weighted by Gasteiger charge is 2.17. The quantitative estimate of drug-likeness (QED) is 0.229. The van der Waals surface area contributed by atoms with E-state index in [0.29, 0.717) is 11.6 Å². The Labute approximate surface area is 228 Å². The standard InChI is InChI=1S/C32H19ClN4S/c33-32-36-30(22-7-2-1-3-8-22)35-31(37-32)27-13-5-12-26-25-11-4-10-24(28(25)38-29(26)27)21-16-14-20(15-17-21)23-9-6-18-34-19-23/h1-19H. The van der Waals surface area contributed by atoms with Crippen molar-refractivity contribution in [2.45, 2.75) is 0 Å². The molecule has 7 aromatic rings. The average Bonchev–Trinajstić information content (AvgIpc) is 3.37. The van der Waals surface area contributed by atoms with Crippen LogP contribution in [-0.4, -0.2) is 19.9 Å². The lowest BCUT2D eigenvalue weighted by molar-refractivity contribution is 1.07. The van der Waals surface area contributed by atoms with Gasteiger partial charge in [0.1, 0.15) is 0 Å². The predicted octanol–water partition coefficient (Wildman–Crippen LogP) is 8.96. The van der Waals surface area contributed by atoms with Crippen LogP contribution in [0.15, 0.2) is 116 Å². The first-order chi connectivity index (χ1) is 18.7. The molecule has 0 radical (unpaired) electrons. The largest absolute Gasteiger partial charge is 0.264 e. The summed E-state index contributed by atoms with van der Waals surface area (Å²) in [6, 6.07) is 35.3. The minimum Gasteiger partial charge on any atom is -0.264 e. The van der Waals surface area contributed by atoms with Crippen LogP contribution in [0, 0.1) is 0 Å². The molecule has 0 bridgehead atoms. The Morgan fingerprint density at radius 2 is 1.16 bits per heavy atom. The van der Waals surface area contributed by atoms with Gasteiger partial charge in [-0.25, -0.2) is 4.98 Å². The summed E-state index contributed by atoms with van der Waals surface area (Å²) in [7, 11) is 0. The summed E-state index contributed by atoms with van der Waals surface area (Å²) in [5.74, 6) is 1.14. The van der Waals surface area contributed by atoms with Gasteiger partial charge >= 0.3 is 0 Å². The van der Waals surface area contributed by atoms with E-state index in [-0.39, 0.29) is 5.28 Å². The molecule has 0 N–H and O–H groups in total. The third-order valence-corrected chi connectivity index (χ3v) is 8.05. The van der Waals surface area contributed by atoms with Crippen molar-refractivity contribution in [3.05, 3.63) is 121 Å². The van der Waals surface area contributed by atoms with Crippen molar-refractivity contribution in [1.82, 2.24) is 19.9 Å². The number of pyridine rings is 1. The smallest absolute Gasteiger partial charge is 0.226 e. The summed E-state index contributed by atoms with van der Waals surface area (Å²) in [6.45, 7) is 0. The summed E-state index contributed by atoms with van der Waals surface area (Å²) in [4.78, 5) is 17.9. The summed E-state index contributed by atoms with van der Waals surface area (Å²) >= 11 is 8.14. The fraction of sp³-hybridized carbons (Fsp3) is 0. The first-order valence-corrected chi connectivity index (χ1v) is 13.4. The maximum Gasteiger partial charge on any atom is 0.226 e. The van der Waals surface area contributed by atoms with E-state index in [4.69, 9.17) is 16.6 Å². The average molecular weight is 527 g/mol. The minimum absolute atomic E-state index is 0.182. The summed E-state index contributed by atoms with van der Waals surface area (Å²) in [5.41, 5.74) is 6.47. The third kappa shape index (κ3) is 4.02. The van der Waals surface area contributed by atoms with Crippen LogP contribution < -0.4 is 0 Å². The number of benzene rings is 4. The van der Waals surface area contributed by atoms with Gasteiger partial charge in [-0.2, -0.15) is 9.97 Å². The molecule has 0 saturated heterocycles. The molecule has 3 heterocycles. The van der Waals surface area contributed by atoms with Gasteiger partial charge in [0.15, 0.2) is 11.6 Å². The lowest BCUT2D eigenvalue weighted by atomic mass is 9.99. The third-order valence-electron chi connectivity index (χ3n) is 6.60. The lowest BCUT2D eigenvalue weighted by Gasteiger charge is -2.06. The fourth-order valence-corrected chi connectivity index (χ4v) is 6.29. The van der Waals surface area contributed by atoms with Gasteiger partial charge in [-0.15, -0.1) is 11.3 Å². The van der Waals surface area contributed by atoms with Gasteiger partial charge in [-0.3, -0.25) is 4.98 Å². The zero-order chi connectivity index (χ0) is 25.5. The van der Waals surface area contributed by atoms with Gasteiger partial charge in [0.2, 0.25) is 5.28 Å². The Kier molecular flexibility index (Phi) is 5.65. The molecule has 0 saturated carbocycles. The van der Waals surface area contributed by atoms with Gasteiger partial charge in [-0.1, -0.05) is 91.0 Å². The molecule has 6 heteroatoms. The normalized spacial score (nSPS) is 11.3. The molecule has 0 aliphatic rings. The number of rotatable bonds is 4.